The minimum absolute atomic E-state index is 1.04. The highest BCUT2D eigenvalue weighted by Crippen LogP contribution is 2.09. The molecule has 0 atom stereocenters. The number of aryl methyl sites for hydroxylation is 1. The first-order chi connectivity index (χ1) is 9.26. The molecule has 0 aliphatic carbocycles. The van der Waals surface area contributed by atoms with Gasteiger partial charge in [0.15, 0.2) is 0 Å². The van der Waals surface area contributed by atoms with Crippen LogP contribution in [-0.4, -0.2) is 22.8 Å². The topological polar surface area (TPSA) is 18.5 Å². The first-order valence-corrected chi connectivity index (χ1v) is 8.33. The number of hydrogen-bond acceptors (Lipinski definition) is 2. The second-order valence-corrected chi connectivity index (χ2v) is 7.65. The molecule has 100 valence electrons. The summed E-state index contributed by atoms with van der Waals surface area (Å²) >= 11 is 0. The lowest BCUT2D eigenvalue weighted by molar-refractivity contribution is 0.272. The first-order valence-electron chi connectivity index (χ1n) is 6.52. The molecule has 19 heavy (non-hydrogen) atoms. The fraction of sp³-hybridized carbons (Fsp3) is 0.250. The van der Waals surface area contributed by atoms with E-state index in [0.717, 1.165) is 16.8 Å². The zero-order valence-electron chi connectivity index (χ0n) is 11.7. The largest absolute Gasteiger partial charge is 0.406 e. The van der Waals surface area contributed by atoms with Gasteiger partial charge in [0, 0.05) is 14.2 Å². The lowest BCUT2D eigenvalue weighted by Gasteiger charge is -2.28. The minimum Gasteiger partial charge on any atom is -0.391 e. The Morgan fingerprint density at radius 3 is 1.79 bits per heavy atom. The van der Waals surface area contributed by atoms with E-state index in [2.05, 4.69) is 43.3 Å². The SMILES string of the molecule is CCc1ccc([Si](OC)(OC)c2ccccc2)cc1. The second-order valence-electron chi connectivity index (χ2n) is 4.44. The Morgan fingerprint density at radius 1 is 0.789 bits per heavy atom. The first kappa shape index (κ1) is 14.0. The van der Waals surface area contributed by atoms with E-state index in [4.69, 9.17) is 8.85 Å². The summed E-state index contributed by atoms with van der Waals surface area (Å²) in [6, 6.07) is 18.8. The van der Waals surface area contributed by atoms with E-state index < -0.39 is 8.56 Å². The minimum atomic E-state index is -2.53. The van der Waals surface area contributed by atoms with Gasteiger partial charge in [-0.1, -0.05) is 61.5 Å². The van der Waals surface area contributed by atoms with Gasteiger partial charge >= 0.3 is 8.56 Å². The van der Waals surface area contributed by atoms with Crippen molar-refractivity contribution >= 4 is 18.9 Å². The average Bonchev–Trinajstić information content (AvgIpc) is 2.51. The van der Waals surface area contributed by atoms with Crippen LogP contribution in [0.2, 0.25) is 0 Å². The molecule has 0 spiro atoms. The predicted molar refractivity (Wildman–Crippen MR) is 81.3 cm³/mol. The van der Waals surface area contributed by atoms with Gasteiger partial charge in [-0.25, -0.2) is 0 Å². The Morgan fingerprint density at radius 2 is 1.32 bits per heavy atom. The van der Waals surface area contributed by atoms with Crippen LogP contribution < -0.4 is 10.4 Å². The molecular weight excluding hydrogens is 252 g/mol. The van der Waals surface area contributed by atoms with Crippen LogP contribution in [0.25, 0.3) is 0 Å². The molecule has 0 fully saturated rings. The van der Waals surface area contributed by atoms with Gasteiger partial charge in [-0.05, 0) is 22.4 Å². The molecule has 0 saturated heterocycles. The summed E-state index contributed by atoms with van der Waals surface area (Å²) in [5.41, 5.74) is 1.33. The van der Waals surface area contributed by atoms with Crippen molar-refractivity contribution in [3.8, 4) is 0 Å². The highest BCUT2D eigenvalue weighted by molar-refractivity contribution is 6.92. The van der Waals surface area contributed by atoms with E-state index >= 15 is 0 Å². The molecule has 0 aromatic heterocycles. The predicted octanol–water partition coefficient (Wildman–Crippen LogP) is 2.10. The van der Waals surface area contributed by atoms with Crippen molar-refractivity contribution in [3.63, 3.8) is 0 Å². The van der Waals surface area contributed by atoms with Gasteiger partial charge in [-0.2, -0.15) is 0 Å². The number of rotatable bonds is 5. The van der Waals surface area contributed by atoms with Crippen LogP contribution >= 0.6 is 0 Å². The quantitative estimate of drug-likeness (QED) is 0.776. The fourth-order valence-corrected chi connectivity index (χ4v) is 5.02. The van der Waals surface area contributed by atoms with Crippen LogP contribution in [0, 0.1) is 0 Å². The summed E-state index contributed by atoms with van der Waals surface area (Å²) in [6.45, 7) is 2.16. The average molecular weight is 272 g/mol. The standard InChI is InChI=1S/C16H20O2Si/c1-4-14-10-12-16(13-11-14)19(17-2,18-3)15-8-6-5-7-9-15/h5-13H,4H2,1-3H3. The van der Waals surface area contributed by atoms with Crippen molar-refractivity contribution in [1.82, 2.24) is 0 Å². The molecule has 2 aromatic carbocycles. The van der Waals surface area contributed by atoms with E-state index in [9.17, 15) is 0 Å². The van der Waals surface area contributed by atoms with Crippen molar-refractivity contribution in [2.75, 3.05) is 14.2 Å². The lowest BCUT2D eigenvalue weighted by atomic mass is 10.2. The molecule has 0 unspecified atom stereocenters. The molecule has 0 radical (unpaired) electrons. The second kappa shape index (κ2) is 6.15. The van der Waals surface area contributed by atoms with E-state index in [1.54, 1.807) is 14.2 Å². The van der Waals surface area contributed by atoms with Crippen LogP contribution in [0.1, 0.15) is 12.5 Å². The van der Waals surface area contributed by atoms with Crippen molar-refractivity contribution in [1.29, 1.82) is 0 Å². The van der Waals surface area contributed by atoms with E-state index in [0.29, 0.717) is 0 Å². The molecule has 0 N–H and O–H groups in total. The number of hydrogen-bond donors (Lipinski definition) is 0. The molecule has 0 saturated carbocycles. The zero-order chi connectivity index (χ0) is 13.7. The molecule has 0 bridgehead atoms. The molecule has 0 amide bonds. The highest BCUT2D eigenvalue weighted by atomic mass is 28.4. The van der Waals surface area contributed by atoms with Crippen molar-refractivity contribution in [3.05, 3.63) is 60.2 Å². The molecule has 0 aliphatic rings. The smallest absolute Gasteiger partial charge is 0.391 e. The maximum Gasteiger partial charge on any atom is 0.406 e. The van der Waals surface area contributed by atoms with Gasteiger partial charge in [-0.3, -0.25) is 0 Å². The van der Waals surface area contributed by atoms with Gasteiger partial charge in [0.25, 0.3) is 0 Å². The summed E-state index contributed by atoms with van der Waals surface area (Å²) in [5.74, 6) is 0. The maximum atomic E-state index is 5.85. The van der Waals surface area contributed by atoms with Crippen LogP contribution in [-0.2, 0) is 15.3 Å². The van der Waals surface area contributed by atoms with Crippen molar-refractivity contribution in [2.45, 2.75) is 13.3 Å². The summed E-state index contributed by atoms with van der Waals surface area (Å²) < 4.78 is 11.7. The summed E-state index contributed by atoms with van der Waals surface area (Å²) in [4.78, 5) is 0. The van der Waals surface area contributed by atoms with E-state index in [1.165, 1.54) is 5.56 Å². The third-order valence-corrected chi connectivity index (χ3v) is 6.81. The summed E-state index contributed by atoms with van der Waals surface area (Å²) in [5, 5.41) is 2.27. The third kappa shape index (κ3) is 2.63. The fourth-order valence-electron chi connectivity index (χ4n) is 2.34. The third-order valence-electron chi connectivity index (χ3n) is 3.47. The zero-order valence-corrected chi connectivity index (χ0v) is 12.7. The molecule has 2 rings (SSSR count). The maximum absolute atomic E-state index is 5.85. The monoisotopic (exact) mass is 272 g/mol. The molecule has 2 nitrogen and oxygen atoms in total. The van der Waals surface area contributed by atoms with Gasteiger partial charge in [0.05, 0.1) is 0 Å². The van der Waals surface area contributed by atoms with Gasteiger partial charge in [-0.15, -0.1) is 0 Å². The van der Waals surface area contributed by atoms with Crippen LogP contribution in [0.5, 0.6) is 0 Å². The van der Waals surface area contributed by atoms with Crippen LogP contribution in [0.3, 0.4) is 0 Å². The molecule has 0 heterocycles. The Labute approximate surface area is 116 Å². The van der Waals surface area contributed by atoms with E-state index in [-0.39, 0.29) is 0 Å². The van der Waals surface area contributed by atoms with Gasteiger partial charge in [0.1, 0.15) is 0 Å². The molecule has 2 aromatic rings. The Bertz CT molecular complexity index is 504. The van der Waals surface area contributed by atoms with E-state index in [1.807, 2.05) is 18.2 Å². The Hall–Kier alpha value is -1.42. The van der Waals surface area contributed by atoms with Crippen LogP contribution in [0.15, 0.2) is 54.6 Å². The molecule has 0 aliphatic heterocycles. The Kier molecular flexibility index (Phi) is 4.53. The molecule has 3 heteroatoms. The summed E-state index contributed by atoms with van der Waals surface area (Å²) in [7, 11) is 0.934. The van der Waals surface area contributed by atoms with Crippen molar-refractivity contribution in [2.24, 2.45) is 0 Å². The summed E-state index contributed by atoms with van der Waals surface area (Å²) in [6.07, 6.45) is 1.04. The van der Waals surface area contributed by atoms with Crippen molar-refractivity contribution < 1.29 is 8.85 Å². The van der Waals surface area contributed by atoms with Crippen LogP contribution in [0.4, 0.5) is 0 Å². The molecular formula is C16H20O2Si. The van der Waals surface area contributed by atoms with Gasteiger partial charge in [0.2, 0.25) is 0 Å². The number of benzene rings is 2. The highest BCUT2D eigenvalue weighted by Gasteiger charge is 2.40. The lowest BCUT2D eigenvalue weighted by Crippen LogP contribution is -2.62. The normalized spacial score (nSPS) is 11.5. The Balaban J connectivity index is 2.49. The van der Waals surface area contributed by atoms with Gasteiger partial charge < -0.3 is 8.85 Å².